The second-order valence-corrected chi connectivity index (χ2v) is 12.2. The fourth-order valence-electron chi connectivity index (χ4n) is 6.38. The minimum absolute atomic E-state index is 0.0611. The molecule has 3 fully saturated rings. The Hall–Kier alpha value is -2.72. The molecule has 10 heteroatoms. The summed E-state index contributed by atoms with van der Waals surface area (Å²) in [7, 11) is 0. The highest BCUT2D eigenvalue weighted by molar-refractivity contribution is 5.98. The number of rotatable bonds is 15. The van der Waals surface area contributed by atoms with E-state index in [1.54, 1.807) is 28.9 Å². The Labute approximate surface area is 238 Å². The number of aliphatic hydroxyl groups excluding tert-OH is 1. The van der Waals surface area contributed by atoms with E-state index in [1.807, 2.05) is 20.8 Å². The average Bonchev–Trinajstić information content (AvgIpc) is 3.53. The zero-order valence-corrected chi connectivity index (χ0v) is 24.5. The van der Waals surface area contributed by atoms with Crippen LogP contribution >= 0.6 is 0 Å². The Kier molecular flexibility index (Phi) is 10.6. The third kappa shape index (κ3) is 6.43. The topological polar surface area (TPSA) is 125 Å². The van der Waals surface area contributed by atoms with E-state index in [2.05, 4.69) is 18.5 Å². The van der Waals surface area contributed by atoms with Gasteiger partial charge in [-0.2, -0.15) is 0 Å². The number of aliphatic hydroxyl groups is 1. The fraction of sp³-hybridized carbons (Fsp3) is 0.733. The zero-order chi connectivity index (χ0) is 29.7. The van der Waals surface area contributed by atoms with E-state index in [-0.39, 0.29) is 30.9 Å². The summed E-state index contributed by atoms with van der Waals surface area (Å²) in [5.74, 6) is -2.80. The lowest BCUT2D eigenvalue weighted by molar-refractivity contribution is -0.159. The number of hydrogen-bond donors (Lipinski definition) is 2. The minimum atomic E-state index is -1.10. The number of hydrogen-bond acceptors (Lipinski definition) is 7. The summed E-state index contributed by atoms with van der Waals surface area (Å²) in [6, 6.07) is -0.859. The maximum Gasteiger partial charge on any atom is 0.312 e. The second-order valence-electron chi connectivity index (χ2n) is 12.2. The van der Waals surface area contributed by atoms with Gasteiger partial charge >= 0.3 is 5.97 Å². The molecule has 0 aromatic rings. The predicted octanol–water partition coefficient (Wildman–Crippen LogP) is 2.35. The normalized spacial score (nSPS) is 27.7. The molecule has 0 unspecified atom stereocenters. The molecule has 3 heterocycles. The van der Waals surface area contributed by atoms with Crippen molar-refractivity contribution >= 4 is 23.7 Å². The van der Waals surface area contributed by atoms with Gasteiger partial charge < -0.3 is 29.7 Å². The molecule has 3 saturated heterocycles. The van der Waals surface area contributed by atoms with Gasteiger partial charge in [0.25, 0.3) is 0 Å². The van der Waals surface area contributed by atoms with Crippen LogP contribution in [0.25, 0.3) is 0 Å². The van der Waals surface area contributed by atoms with Gasteiger partial charge in [-0.15, -0.1) is 13.2 Å². The molecule has 0 aliphatic carbocycles. The molecule has 3 rings (SSSR count). The largest absolute Gasteiger partial charge is 0.460 e. The molecule has 6 atom stereocenters. The minimum Gasteiger partial charge on any atom is -0.460 e. The first-order chi connectivity index (χ1) is 18.9. The summed E-state index contributed by atoms with van der Waals surface area (Å²) in [5, 5.41) is 12.0. The molecule has 0 aromatic carbocycles. The van der Waals surface area contributed by atoms with Crippen molar-refractivity contribution < 1.29 is 33.8 Å². The summed E-state index contributed by atoms with van der Waals surface area (Å²) < 4.78 is 12.2. The summed E-state index contributed by atoms with van der Waals surface area (Å²) in [4.78, 5) is 57.0. The molecule has 2 bridgehead atoms. The average molecular weight is 562 g/mol. The molecule has 0 aromatic heterocycles. The molecule has 0 radical (unpaired) electrons. The van der Waals surface area contributed by atoms with E-state index in [4.69, 9.17) is 9.47 Å². The molecule has 224 valence electrons. The van der Waals surface area contributed by atoms with Crippen molar-refractivity contribution in [3.05, 3.63) is 25.3 Å². The maximum atomic E-state index is 14.2. The van der Waals surface area contributed by atoms with E-state index >= 15 is 0 Å². The molecule has 40 heavy (non-hydrogen) atoms. The first kappa shape index (κ1) is 31.8. The van der Waals surface area contributed by atoms with Gasteiger partial charge in [-0.25, -0.2) is 0 Å². The number of carbonyl (C=O) groups excluding carboxylic acids is 4. The monoisotopic (exact) mass is 561 g/mol. The van der Waals surface area contributed by atoms with Crippen LogP contribution in [0.4, 0.5) is 0 Å². The van der Waals surface area contributed by atoms with Crippen LogP contribution in [-0.4, -0.2) is 94.2 Å². The van der Waals surface area contributed by atoms with Gasteiger partial charge in [-0.05, 0) is 66.2 Å². The number of nitrogens with one attached hydrogen (secondary N) is 1. The van der Waals surface area contributed by atoms with Crippen LogP contribution in [0, 0.1) is 11.8 Å². The summed E-state index contributed by atoms with van der Waals surface area (Å²) in [6.07, 6.45) is 6.09. The van der Waals surface area contributed by atoms with Gasteiger partial charge in [0.2, 0.25) is 17.7 Å². The molecule has 0 saturated carbocycles. The summed E-state index contributed by atoms with van der Waals surface area (Å²) >= 11 is 0. The molecule has 1 spiro atoms. The summed E-state index contributed by atoms with van der Waals surface area (Å²) in [6.45, 7) is 15.8. The highest BCUT2D eigenvalue weighted by atomic mass is 16.6. The highest BCUT2D eigenvalue weighted by Crippen LogP contribution is 2.59. The number of esters is 1. The van der Waals surface area contributed by atoms with Gasteiger partial charge in [0.1, 0.15) is 17.7 Å². The Balaban J connectivity index is 1.85. The quantitative estimate of drug-likeness (QED) is 0.179. The number of likely N-dealkylation sites (tertiary alicyclic amines) is 1. The van der Waals surface area contributed by atoms with E-state index in [0.717, 1.165) is 0 Å². The Morgan fingerprint density at radius 3 is 2.60 bits per heavy atom. The van der Waals surface area contributed by atoms with Crippen molar-refractivity contribution in [3.8, 4) is 0 Å². The molecule has 2 N–H and O–H groups in total. The second kappa shape index (κ2) is 13.3. The van der Waals surface area contributed by atoms with Crippen LogP contribution in [0.15, 0.2) is 25.3 Å². The van der Waals surface area contributed by atoms with E-state index in [0.29, 0.717) is 58.0 Å². The van der Waals surface area contributed by atoms with Crippen LogP contribution in [-0.2, 0) is 28.7 Å². The number of allylic oxidation sites excluding steroid dienone is 1. The van der Waals surface area contributed by atoms with Gasteiger partial charge in [0.15, 0.2) is 0 Å². The van der Waals surface area contributed by atoms with Gasteiger partial charge in [-0.3, -0.25) is 19.2 Å². The number of ether oxygens (including phenoxy) is 2. The third-order valence-electron chi connectivity index (χ3n) is 8.23. The first-order valence-electron chi connectivity index (χ1n) is 14.5. The van der Waals surface area contributed by atoms with Crippen LogP contribution < -0.4 is 5.32 Å². The SMILES string of the molecule is C=CCCC(=O)NC[C@@H](C)OC(=O)[C@@H]1[C@@H]2CC[C@]3(O2)[C@H](C(=O)N(CC=C)C(C)(C)C)N(CCCCCO)C(=O)[C@@H]13. The molecular formula is C30H47N3O7. The predicted molar refractivity (Wildman–Crippen MR) is 150 cm³/mol. The zero-order valence-electron chi connectivity index (χ0n) is 24.5. The molecule has 3 aliphatic rings. The number of amides is 3. The Morgan fingerprint density at radius 1 is 1.25 bits per heavy atom. The maximum absolute atomic E-state index is 14.2. The van der Waals surface area contributed by atoms with Gasteiger partial charge in [0, 0.05) is 31.7 Å². The number of carbonyl (C=O) groups is 4. The van der Waals surface area contributed by atoms with Crippen molar-refractivity contribution in [2.45, 2.75) is 102 Å². The van der Waals surface area contributed by atoms with Crippen molar-refractivity contribution in [2.24, 2.45) is 11.8 Å². The van der Waals surface area contributed by atoms with Crippen molar-refractivity contribution in [1.82, 2.24) is 15.1 Å². The Bertz CT molecular complexity index is 977. The lowest BCUT2D eigenvalue weighted by Crippen LogP contribution is -2.59. The third-order valence-corrected chi connectivity index (χ3v) is 8.23. The molecule has 3 amide bonds. The number of unbranched alkanes of at least 4 members (excludes halogenated alkanes) is 2. The van der Waals surface area contributed by atoms with Crippen LogP contribution in [0.3, 0.4) is 0 Å². The van der Waals surface area contributed by atoms with Crippen molar-refractivity contribution in [1.29, 1.82) is 0 Å². The molecular weight excluding hydrogens is 514 g/mol. The number of fused-ring (bicyclic) bond motifs is 1. The van der Waals surface area contributed by atoms with Crippen molar-refractivity contribution in [2.75, 3.05) is 26.2 Å². The Morgan fingerprint density at radius 2 is 1.98 bits per heavy atom. The highest BCUT2D eigenvalue weighted by Gasteiger charge is 2.75. The smallest absolute Gasteiger partial charge is 0.312 e. The fourth-order valence-corrected chi connectivity index (χ4v) is 6.38. The van der Waals surface area contributed by atoms with E-state index in [1.165, 1.54) is 0 Å². The van der Waals surface area contributed by atoms with Gasteiger partial charge in [-0.1, -0.05) is 12.2 Å². The summed E-state index contributed by atoms with van der Waals surface area (Å²) in [5.41, 5.74) is -1.63. The lowest BCUT2D eigenvalue weighted by atomic mass is 9.70. The lowest BCUT2D eigenvalue weighted by Gasteiger charge is -2.42. The van der Waals surface area contributed by atoms with Crippen LogP contribution in [0.5, 0.6) is 0 Å². The van der Waals surface area contributed by atoms with E-state index in [9.17, 15) is 24.3 Å². The van der Waals surface area contributed by atoms with Crippen molar-refractivity contribution in [3.63, 3.8) is 0 Å². The van der Waals surface area contributed by atoms with Crippen LogP contribution in [0.1, 0.15) is 72.6 Å². The standard InChI is InChI=1S/C30H47N3O7/c1-7-9-13-22(35)31-19-20(3)39-28(38)23-21-14-15-30(40-21)24(23)26(36)32(17-11-10-12-18-34)25(30)27(37)33(16-8-2)29(4,5)6/h7-8,20-21,23-25,34H,1-2,9-19H2,3-6H3,(H,31,35)/t20-,21+,23-,24-,25+,30-/m1/s1. The van der Waals surface area contributed by atoms with Gasteiger partial charge in [0.05, 0.1) is 24.5 Å². The number of nitrogens with zero attached hydrogens (tertiary/aromatic N) is 2. The van der Waals surface area contributed by atoms with Crippen LogP contribution in [0.2, 0.25) is 0 Å². The molecule has 3 aliphatic heterocycles. The van der Waals surface area contributed by atoms with E-state index < -0.39 is 47.2 Å². The first-order valence-corrected chi connectivity index (χ1v) is 14.5. The molecule has 10 nitrogen and oxygen atoms in total.